The molecule has 0 atom stereocenters. The van der Waals surface area contributed by atoms with Crippen molar-refractivity contribution in [2.45, 2.75) is 58.8 Å². The Morgan fingerprint density at radius 1 is 0.933 bits per heavy atom. The van der Waals surface area contributed by atoms with E-state index in [-0.39, 0.29) is 11.7 Å². The van der Waals surface area contributed by atoms with Crippen LogP contribution in [-0.4, -0.2) is 18.2 Å². The number of carbonyl (C=O) groups is 2. The lowest BCUT2D eigenvalue weighted by atomic mass is 10.1. The maximum atomic E-state index is 11.1. The maximum absolute atomic E-state index is 11.1. The summed E-state index contributed by atoms with van der Waals surface area (Å²) in [5.74, 6) is 0.429. The van der Waals surface area contributed by atoms with Gasteiger partial charge in [0.25, 0.3) is 0 Å². The van der Waals surface area contributed by atoms with Crippen LogP contribution in [0, 0.1) is 0 Å². The third-order valence-corrected chi connectivity index (χ3v) is 2.31. The first-order valence-electron chi connectivity index (χ1n) is 5.93. The maximum Gasteiger partial charge on any atom is 0.219 e. The van der Waals surface area contributed by atoms with Gasteiger partial charge in [0.1, 0.15) is 5.78 Å². The summed E-state index contributed by atoms with van der Waals surface area (Å²) in [6, 6.07) is 0. The number of carbonyl (C=O) groups excluding carboxylic acids is 2. The van der Waals surface area contributed by atoms with Crippen molar-refractivity contribution in [3.63, 3.8) is 0 Å². The summed E-state index contributed by atoms with van der Waals surface area (Å²) in [4.78, 5) is 21.7. The minimum Gasteiger partial charge on any atom is -0.356 e. The molecule has 0 aliphatic carbocycles. The quantitative estimate of drug-likeness (QED) is 0.598. The first kappa shape index (κ1) is 14.1. The molecule has 0 spiro atoms. The SMILES string of the molecule is CCNC(=O)CCCCCCCC(C)=O. The highest BCUT2D eigenvalue weighted by atomic mass is 16.1. The molecule has 0 bridgehead atoms. The summed E-state index contributed by atoms with van der Waals surface area (Å²) >= 11 is 0. The van der Waals surface area contributed by atoms with E-state index in [1.165, 1.54) is 0 Å². The van der Waals surface area contributed by atoms with Gasteiger partial charge < -0.3 is 10.1 Å². The van der Waals surface area contributed by atoms with Crippen molar-refractivity contribution >= 4 is 11.7 Å². The van der Waals surface area contributed by atoms with Gasteiger partial charge in [-0.15, -0.1) is 0 Å². The number of unbranched alkanes of at least 4 members (excludes halogenated alkanes) is 4. The van der Waals surface area contributed by atoms with Crippen LogP contribution >= 0.6 is 0 Å². The summed E-state index contributed by atoms with van der Waals surface area (Å²) in [7, 11) is 0. The van der Waals surface area contributed by atoms with Gasteiger partial charge in [-0.05, 0) is 26.7 Å². The third kappa shape index (κ3) is 11.1. The average molecular weight is 213 g/mol. The van der Waals surface area contributed by atoms with E-state index < -0.39 is 0 Å². The van der Waals surface area contributed by atoms with Gasteiger partial charge in [0.05, 0.1) is 0 Å². The minimum atomic E-state index is 0.154. The molecule has 0 saturated heterocycles. The molecule has 0 aliphatic heterocycles. The minimum absolute atomic E-state index is 0.154. The van der Waals surface area contributed by atoms with E-state index in [1.807, 2.05) is 6.92 Å². The predicted octanol–water partition coefficient (Wildman–Crippen LogP) is 2.44. The Morgan fingerprint density at radius 2 is 1.47 bits per heavy atom. The lowest BCUT2D eigenvalue weighted by Crippen LogP contribution is -2.21. The number of Topliss-reactive ketones (excluding diaryl/α,β-unsaturated/α-hetero) is 1. The zero-order valence-corrected chi connectivity index (χ0v) is 9.97. The van der Waals surface area contributed by atoms with Gasteiger partial charge >= 0.3 is 0 Å². The Labute approximate surface area is 92.6 Å². The lowest BCUT2D eigenvalue weighted by molar-refractivity contribution is -0.121. The smallest absolute Gasteiger partial charge is 0.219 e. The molecule has 0 aromatic heterocycles. The van der Waals surface area contributed by atoms with Crippen LogP contribution in [-0.2, 0) is 9.59 Å². The second kappa shape index (κ2) is 9.69. The van der Waals surface area contributed by atoms with Gasteiger partial charge in [-0.2, -0.15) is 0 Å². The van der Waals surface area contributed by atoms with Crippen molar-refractivity contribution in [2.24, 2.45) is 0 Å². The predicted molar refractivity (Wildman–Crippen MR) is 61.7 cm³/mol. The second-order valence-corrected chi connectivity index (χ2v) is 3.92. The molecule has 0 aromatic carbocycles. The average Bonchev–Trinajstić information content (AvgIpc) is 2.16. The summed E-state index contributed by atoms with van der Waals surface area (Å²) in [6.07, 6.45) is 6.63. The van der Waals surface area contributed by atoms with Gasteiger partial charge in [-0.1, -0.05) is 19.3 Å². The van der Waals surface area contributed by atoms with E-state index in [0.717, 1.165) is 38.6 Å². The molecular formula is C12H23NO2. The highest BCUT2D eigenvalue weighted by Crippen LogP contribution is 2.07. The first-order chi connectivity index (χ1) is 7.16. The van der Waals surface area contributed by atoms with E-state index in [0.29, 0.717) is 12.8 Å². The molecule has 0 saturated carbocycles. The fourth-order valence-electron chi connectivity index (χ4n) is 1.48. The Kier molecular flexibility index (Phi) is 9.13. The van der Waals surface area contributed by atoms with E-state index in [9.17, 15) is 9.59 Å². The van der Waals surface area contributed by atoms with Crippen LogP contribution in [0.15, 0.2) is 0 Å². The molecule has 0 unspecified atom stereocenters. The molecule has 0 radical (unpaired) electrons. The Hall–Kier alpha value is -0.860. The molecule has 0 aliphatic rings. The van der Waals surface area contributed by atoms with Crippen molar-refractivity contribution in [3.8, 4) is 0 Å². The van der Waals surface area contributed by atoms with Crippen molar-refractivity contribution in [1.29, 1.82) is 0 Å². The van der Waals surface area contributed by atoms with Crippen LogP contribution in [0.1, 0.15) is 58.8 Å². The number of ketones is 1. The summed E-state index contributed by atoms with van der Waals surface area (Å²) in [5, 5.41) is 2.78. The van der Waals surface area contributed by atoms with Crippen molar-refractivity contribution in [1.82, 2.24) is 5.32 Å². The second-order valence-electron chi connectivity index (χ2n) is 3.92. The largest absolute Gasteiger partial charge is 0.356 e. The number of hydrogen-bond acceptors (Lipinski definition) is 2. The van der Waals surface area contributed by atoms with Gasteiger partial charge in [0.2, 0.25) is 5.91 Å². The van der Waals surface area contributed by atoms with Crippen molar-refractivity contribution in [3.05, 3.63) is 0 Å². The molecule has 0 aromatic rings. The van der Waals surface area contributed by atoms with Crippen molar-refractivity contribution in [2.75, 3.05) is 6.54 Å². The number of nitrogens with one attached hydrogen (secondary N) is 1. The summed E-state index contributed by atoms with van der Waals surface area (Å²) in [6.45, 7) is 4.28. The number of hydrogen-bond donors (Lipinski definition) is 1. The standard InChI is InChI=1S/C12H23NO2/c1-3-13-12(15)10-8-6-4-5-7-9-11(2)14/h3-10H2,1-2H3,(H,13,15). The van der Waals surface area contributed by atoms with Crippen LogP contribution in [0.4, 0.5) is 0 Å². The van der Waals surface area contributed by atoms with Crippen molar-refractivity contribution < 1.29 is 9.59 Å². The molecule has 3 nitrogen and oxygen atoms in total. The van der Waals surface area contributed by atoms with Crippen LogP contribution in [0.25, 0.3) is 0 Å². The van der Waals surface area contributed by atoms with Gasteiger partial charge in [-0.3, -0.25) is 4.79 Å². The highest BCUT2D eigenvalue weighted by Gasteiger charge is 1.98. The Balaban J connectivity index is 3.11. The third-order valence-electron chi connectivity index (χ3n) is 2.31. The highest BCUT2D eigenvalue weighted by molar-refractivity contribution is 5.75. The lowest BCUT2D eigenvalue weighted by Gasteiger charge is -2.02. The number of amides is 1. The normalized spacial score (nSPS) is 10.0. The topological polar surface area (TPSA) is 46.2 Å². The Morgan fingerprint density at radius 3 is 2.00 bits per heavy atom. The van der Waals surface area contributed by atoms with E-state index >= 15 is 0 Å². The molecular weight excluding hydrogens is 190 g/mol. The fourth-order valence-corrected chi connectivity index (χ4v) is 1.48. The van der Waals surface area contributed by atoms with Gasteiger partial charge in [-0.25, -0.2) is 0 Å². The van der Waals surface area contributed by atoms with Gasteiger partial charge in [0.15, 0.2) is 0 Å². The fraction of sp³-hybridized carbons (Fsp3) is 0.833. The zero-order valence-electron chi connectivity index (χ0n) is 9.97. The number of rotatable bonds is 9. The van der Waals surface area contributed by atoms with E-state index in [1.54, 1.807) is 6.92 Å². The molecule has 88 valence electrons. The Bertz CT molecular complexity index is 190. The molecule has 0 heterocycles. The molecule has 3 heteroatoms. The summed E-state index contributed by atoms with van der Waals surface area (Å²) in [5.41, 5.74) is 0. The molecule has 1 N–H and O–H groups in total. The zero-order chi connectivity index (χ0) is 11.5. The monoisotopic (exact) mass is 213 g/mol. The van der Waals surface area contributed by atoms with Crippen LogP contribution in [0.5, 0.6) is 0 Å². The van der Waals surface area contributed by atoms with Crippen LogP contribution < -0.4 is 5.32 Å². The van der Waals surface area contributed by atoms with Gasteiger partial charge in [0, 0.05) is 19.4 Å². The molecule has 15 heavy (non-hydrogen) atoms. The molecule has 0 rings (SSSR count). The first-order valence-corrected chi connectivity index (χ1v) is 5.93. The molecule has 1 amide bonds. The van der Waals surface area contributed by atoms with E-state index in [2.05, 4.69) is 5.32 Å². The van der Waals surface area contributed by atoms with Crippen LogP contribution in [0.3, 0.4) is 0 Å². The van der Waals surface area contributed by atoms with E-state index in [4.69, 9.17) is 0 Å². The molecule has 0 fully saturated rings. The summed E-state index contributed by atoms with van der Waals surface area (Å²) < 4.78 is 0. The van der Waals surface area contributed by atoms with Crippen LogP contribution in [0.2, 0.25) is 0 Å².